The molecule has 7 nitrogen and oxygen atoms in total. The second-order valence-corrected chi connectivity index (χ2v) is 16.4. The third-order valence-electron chi connectivity index (χ3n) is 6.11. The maximum atomic E-state index is 13.7. The number of rotatable bonds is 8. The topological polar surface area (TPSA) is 79.0 Å². The van der Waals surface area contributed by atoms with Gasteiger partial charge in [-0.15, -0.1) is 0 Å². The van der Waals surface area contributed by atoms with E-state index in [2.05, 4.69) is 40.9 Å². The fourth-order valence-corrected chi connectivity index (χ4v) is 5.17. The predicted octanol–water partition coefficient (Wildman–Crippen LogP) is 4.30. The van der Waals surface area contributed by atoms with Crippen LogP contribution in [-0.4, -0.2) is 55.6 Å². The first kappa shape index (κ1) is 24.6. The Morgan fingerprint density at radius 3 is 2.50 bits per heavy atom. The molecule has 2 aromatic carbocycles. The lowest BCUT2D eigenvalue weighted by Gasteiger charge is -2.32. The Morgan fingerprint density at radius 2 is 1.82 bits per heavy atom. The highest BCUT2D eigenvalue weighted by Crippen LogP contribution is 2.34. The van der Waals surface area contributed by atoms with Crippen LogP contribution < -0.4 is 5.32 Å². The molecule has 2 aliphatic rings. The average Bonchev–Trinajstić information content (AvgIpc) is 3.19. The molecule has 0 unspecified atom stereocenters. The molecule has 1 fully saturated rings. The van der Waals surface area contributed by atoms with Crippen molar-refractivity contribution in [2.24, 2.45) is 0 Å². The van der Waals surface area contributed by atoms with Gasteiger partial charge in [0.15, 0.2) is 5.54 Å². The van der Waals surface area contributed by atoms with Crippen LogP contribution in [0.15, 0.2) is 46.9 Å². The Bertz CT molecular complexity index is 1140. The molecule has 0 aromatic heterocycles. The number of urea groups is 1. The first-order chi connectivity index (χ1) is 16.0. The van der Waals surface area contributed by atoms with Crippen LogP contribution in [0.4, 0.5) is 9.18 Å². The number of carbonyl (C=O) groups excluding carboxylic acids is 3. The third-order valence-corrected chi connectivity index (χ3v) is 8.34. The largest absolute Gasteiger partial charge is 0.361 e. The molecule has 1 N–H and O–H groups in total. The molecular weight excluding hydrogens is 521 g/mol. The molecule has 4 amide bonds. The zero-order valence-electron chi connectivity index (χ0n) is 19.4. The first-order valence-corrected chi connectivity index (χ1v) is 15.6. The summed E-state index contributed by atoms with van der Waals surface area (Å²) in [6, 6.07) is 11.5. The predicted molar refractivity (Wildman–Crippen MR) is 131 cm³/mol. The van der Waals surface area contributed by atoms with Gasteiger partial charge in [-0.05, 0) is 41.4 Å². The van der Waals surface area contributed by atoms with Crippen molar-refractivity contribution < 1.29 is 23.5 Å². The molecule has 0 bridgehead atoms. The number of halogens is 2. The smallest absolute Gasteiger partial charge is 0.327 e. The van der Waals surface area contributed by atoms with E-state index in [1.54, 1.807) is 30.3 Å². The fraction of sp³-hybridized carbons (Fsp3) is 0.375. The number of hydrogen-bond acceptors (Lipinski definition) is 4. The van der Waals surface area contributed by atoms with Crippen LogP contribution in [0, 0.1) is 5.82 Å². The Labute approximate surface area is 207 Å². The highest BCUT2D eigenvalue weighted by molar-refractivity contribution is 9.10. The molecule has 2 aromatic rings. The molecule has 2 aliphatic heterocycles. The Balaban J connectivity index is 1.60. The van der Waals surface area contributed by atoms with E-state index in [-0.39, 0.29) is 31.3 Å². The number of amides is 4. The Morgan fingerprint density at radius 1 is 1.12 bits per heavy atom. The highest BCUT2D eigenvalue weighted by atomic mass is 79.9. The van der Waals surface area contributed by atoms with Gasteiger partial charge < -0.3 is 15.0 Å². The van der Waals surface area contributed by atoms with Crippen LogP contribution in [0.25, 0.3) is 0 Å². The van der Waals surface area contributed by atoms with Crippen molar-refractivity contribution >= 4 is 41.8 Å². The molecule has 2 heterocycles. The van der Waals surface area contributed by atoms with Crippen LogP contribution in [0.1, 0.15) is 21.5 Å². The summed E-state index contributed by atoms with van der Waals surface area (Å²) in [5.41, 5.74) is 0.0272. The summed E-state index contributed by atoms with van der Waals surface area (Å²) >= 11 is 3.39. The van der Waals surface area contributed by atoms with Crippen LogP contribution in [0.2, 0.25) is 25.7 Å². The summed E-state index contributed by atoms with van der Waals surface area (Å²) in [6.45, 7) is 7.11. The second-order valence-electron chi connectivity index (χ2n) is 9.89. The summed E-state index contributed by atoms with van der Waals surface area (Å²) in [4.78, 5) is 42.2. The van der Waals surface area contributed by atoms with E-state index in [4.69, 9.17) is 4.74 Å². The fourth-order valence-electron chi connectivity index (χ4n) is 4.15. The van der Waals surface area contributed by atoms with Gasteiger partial charge in [-0.1, -0.05) is 53.8 Å². The standard InChI is InChI=1S/C24H27BrFN3O4Si/c1-34(2,3)11-10-33-15-29-22(31)24(27-23(29)32,17-5-7-18(25)8-6-17)14-28-13-16-4-9-19(26)12-20(16)21(28)30/h4-9,12H,10-11,13-15H2,1-3H3,(H,27,32)/t24-/m0/s1. The number of ether oxygens (including phenoxy) is 1. The monoisotopic (exact) mass is 547 g/mol. The van der Waals surface area contributed by atoms with Crippen molar-refractivity contribution in [3.63, 3.8) is 0 Å². The van der Waals surface area contributed by atoms with Gasteiger partial charge in [-0.3, -0.25) is 9.59 Å². The van der Waals surface area contributed by atoms with Gasteiger partial charge in [0.2, 0.25) is 0 Å². The van der Waals surface area contributed by atoms with Crippen LogP contribution in [0.3, 0.4) is 0 Å². The maximum absolute atomic E-state index is 13.7. The lowest BCUT2D eigenvalue weighted by molar-refractivity contribution is -0.135. The quantitative estimate of drug-likeness (QED) is 0.303. The number of nitrogens with one attached hydrogen (secondary N) is 1. The van der Waals surface area contributed by atoms with Crippen molar-refractivity contribution in [3.8, 4) is 0 Å². The van der Waals surface area contributed by atoms with Gasteiger partial charge in [-0.2, -0.15) is 0 Å². The van der Waals surface area contributed by atoms with Crippen molar-refractivity contribution in [1.82, 2.24) is 15.1 Å². The minimum atomic E-state index is -1.48. The molecule has 0 aliphatic carbocycles. The Kier molecular flexibility index (Phi) is 6.67. The van der Waals surface area contributed by atoms with E-state index >= 15 is 0 Å². The molecule has 0 spiro atoms. The second kappa shape index (κ2) is 9.24. The minimum Gasteiger partial charge on any atom is -0.361 e. The Hall–Kier alpha value is -2.56. The summed E-state index contributed by atoms with van der Waals surface area (Å²) in [5.74, 6) is -1.36. The molecule has 10 heteroatoms. The van der Waals surface area contributed by atoms with Gasteiger partial charge in [0, 0.05) is 31.3 Å². The van der Waals surface area contributed by atoms with Gasteiger partial charge in [0.05, 0.1) is 6.54 Å². The summed E-state index contributed by atoms with van der Waals surface area (Å²) in [5, 5.41) is 2.83. The normalized spacial score (nSPS) is 20.2. The highest BCUT2D eigenvalue weighted by Gasteiger charge is 2.54. The van der Waals surface area contributed by atoms with Crippen LogP contribution in [0.5, 0.6) is 0 Å². The van der Waals surface area contributed by atoms with Gasteiger partial charge in [0.25, 0.3) is 11.8 Å². The lowest BCUT2D eigenvalue weighted by Crippen LogP contribution is -2.53. The van der Waals surface area contributed by atoms with Crippen molar-refractivity contribution in [2.45, 2.75) is 37.8 Å². The van der Waals surface area contributed by atoms with Crippen LogP contribution in [-0.2, 0) is 21.6 Å². The van der Waals surface area contributed by atoms with Gasteiger partial charge in [-0.25, -0.2) is 14.1 Å². The van der Waals surface area contributed by atoms with Crippen molar-refractivity contribution in [3.05, 3.63) is 69.4 Å². The number of fused-ring (bicyclic) bond motifs is 1. The first-order valence-electron chi connectivity index (χ1n) is 11.1. The number of carbonyl (C=O) groups is 3. The minimum absolute atomic E-state index is 0.0836. The van der Waals surface area contributed by atoms with Gasteiger partial charge in [0.1, 0.15) is 12.5 Å². The summed E-state index contributed by atoms with van der Waals surface area (Å²) in [7, 11) is -1.33. The molecule has 0 saturated carbocycles. The van der Waals surface area contributed by atoms with E-state index in [0.29, 0.717) is 17.7 Å². The van der Waals surface area contributed by atoms with Crippen LogP contribution >= 0.6 is 15.9 Å². The zero-order valence-corrected chi connectivity index (χ0v) is 21.9. The van der Waals surface area contributed by atoms with Crippen molar-refractivity contribution in [1.29, 1.82) is 0 Å². The molecular formula is C24H27BrFN3O4Si. The van der Waals surface area contributed by atoms with E-state index in [1.807, 2.05) is 0 Å². The molecule has 4 rings (SSSR count). The molecule has 1 saturated heterocycles. The van der Waals surface area contributed by atoms with Crippen molar-refractivity contribution in [2.75, 3.05) is 19.9 Å². The number of nitrogens with zero attached hydrogens (tertiary/aromatic N) is 2. The van der Waals surface area contributed by atoms with E-state index in [1.165, 1.54) is 17.0 Å². The maximum Gasteiger partial charge on any atom is 0.327 e. The molecule has 180 valence electrons. The number of hydrogen-bond donors (Lipinski definition) is 1. The SMILES string of the molecule is C[Si](C)(C)CCOCN1C(=O)N[C@@](CN2Cc3ccc(F)cc3C2=O)(c2ccc(Br)cc2)C1=O. The van der Waals surface area contributed by atoms with Gasteiger partial charge >= 0.3 is 6.03 Å². The molecule has 34 heavy (non-hydrogen) atoms. The summed E-state index contributed by atoms with van der Waals surface area (Å²) in [6.07, 6.45) is 0. The lowest BCUT2D eigenvalue weighted by atomic mass is 9.89. The summed E-state index contributed by atoms with van der Waals surface area (Å²) < 4.78 is 20.2. The van der Waals surface area contributed by atoms with E-state index in [0.717, 1.165) is 15.4 Å². The van der Waals surface area contributed by atoms with E-state index in [9.17, 15) is 18.8 Å². The van der Waals surface area contributed by atoms with E-state index < -0.39 is 31.4 Å². The number of imide groups is 1. The molecule has 1 atom stereocenters. The zero-order chi connectivity index (χ0) is 24.7. The average molecular weight is 548 g/mol. The third kappa shape index (κ3) is 4.80. The number of benzene rings is 2. The molecule has 0 radical (unpaired) electrons.